The molecule has 0 saturated carbocycles. The van der Waals surface area contributed by atoms with Crippen molar-refractivity contribution in [1.82, 2.24) is 4.90 Å². The first-order valence-electron chi connectivity index (χ1n) is 5.95. The molecule has 0 aromatic heterocycles. The summed E-state index contributed by atoms with van der Waals surface area (Å²) in [6.07, 6.45) is 0. The van der Waals surface area contributed by atoms with Gasteiger partial charge in [0.25, 0.3) is 5.91 Å². The number of hydrogen-bond donors (Lipinski definition) is 1. The zero-order valence-electron chi connectivity index (χ0n) is 11.3. The fourth-order valence-corrected chi connectivity index (χ4v) is 1.82. The van der Waals surface area contributed by atoms with Crippen molar-refractivity contribution in [2.75, 3.05) is 13.6 Å². The molecule has 0 radical (unpaired) electrons. The van der Waals surface area contributed by atoms with Gasteiger partial charge in [-0.15, -0.1) is 0 Å². The number of alkyl halides is 2. The normalized spacial score (nSPS) is 12.1. The smallest absolute Gasteiger partial charge is 0.387 e. The van der Waals surface area contributed by atoms with Crippen LogP contribution in [0.25, 0.3) is 0 Å². The van der Waals surface area contributed by atoms with Crippen LogP contribution in [-0.2, 0) is 4.79 Å². The number of hydrogen-bond acceptors (Lipinski definition) is 3. The predicted octanol–water partition coefficient (Wildman–Crippen LogP) is 2.73. The maximum absolute atomic E-state index is 12.3. The zero-order valence-corrected chi connectivity index (χ0v) is 12.1. The van der Waals surface area contributed by atoms with Crippen LogP contribution in [0.15, 0.2) is 18.2 Å². The first-order chi connectivity index (χ1) is 9.72. The van der Waals surface area contributed by atoms with E-state index in [1.54, 1.807) is 0 Å². The van der Waals surface area contributed by atoms with Gasteiger partial charge in [0.05, 0.1) is 11.5 Å². The third-order valence-electron chi connectivity index (χ3n) is 2.70. The van der Waals surface area contributed by atoms with Gasteiger partial charge in [0, 0.05) is 18.6 Å². The number of nitrogens with zero attached hydrogens (tertiary/aromatic N) is 1. The molecule has 0 saturated heterocycles. The summed E-state index contributed by atoms with van der Waals surface area (Å²) in [6.45, 7) is -1.73. The van der Waals surface area contributed by atoms with Crippen LogP contribution < -0.4 is 4.74 Å². The van der Waals surface area contributed by atoms with Gasteiger partial charge in [-0.1, -0.05) is 18.5 Å². The number of carboxylic acid groups (broad SMARTS) is 1. The van der Waals surface area contributed by atoms with Crippen LogP contribution in [-0.4, -0.2) is 42.1 Å². The van der Waals surface area contributed by atoms with Crippen molar-refractivity contribution in [3.05, 3.63) is 28.8 Å². The molecule has 1 aromatic carbocycles. The Kier molecular flexibility index (Phi) is 5.90. The van der Waals surface area contributed by atoms with Crippen LogP contribution >= 0.6 is 11.6 Å². The van der Waals surface area contributed by atoms with Crippen molar-refractivity contribution >= 4 is 23.5 Å². The van der Waals surface area contributed by atoms with Gasteiger partial charge in [-0.2, -0.15) is 8.78 Å². The van der Waals surface area contributed by atoms with E-state index in [1.807, 2.05) is 0 Å². The average Bonchev–Trinajstić information content (AvgIpc) is 2.39. The highest BCUT2D eigenvalue weighted by molar-refractivity contribution is 6.31. The van der Waals surface area contributed by atoms with Gasteiger partial charge in [0.15, 0.2) is 0 Å². The Hall–Kier alpha value is -1.89. The summed E-state index contributed by atoms with van der Waals surface area (Å²) in [5.41, 5.74) is -0.150. The third kappa shape index (κ3) is 4.86. The minimum absolute atomic E-state index is 0.0746. The third-order valence-corrected chi connectivity index (χ3v) is 2.94. The lowest BCUT2D eigenvalue weighted by Crippen LogP contribution is -2.34. The van der Waals surface area contributed by atoms with E-state index in [1.165, 1.54) is 26.1 Å². The summed E-state index contributed by atoms with van der Waals surface area (Å²) < 4.78 is 28.9. The van der Waals surface area contributed by atoms with Gasteiger partial charge in [-0.3, -0.25) is 9.59 Å². The number of carbonyl (C=O) groups excluding carboxylic acids is 1. The highest BCUT2D eigenvalue weighted by Gasteiger charge is 2.22. The second-order valence-corrected chi connectivity index (χ2v) is 4.88. The molecule has 1 atom stereocenters. The second kappa shape index (κ2) is 7.21. The van der Waals surface area contributed by atoms with Crippen LogP contribution in [0.5, 0.6) is 5.75 Å². The number of amides is 1. The van der Waals surface area contributed by atoms with E-state index in [0.717, 1.165) is 11.0 Å². The van der Waals surface area contributed by atoms with Crippen LogP contribution in [0, 0.1) is 5.92 Å². The van der Waals surface area contributed by atoms with Gasteiger partial charge < -0.3 is 14.7 Å². The summed E-state index contributed by atoms with van der Waals surface area (Å²) in [5.74, 6) is -2.82. The molecule has 0 spiro atoms. The van der Waals surface area contributed by atoms with Crippen molar-refractivity contribution in [3.8, 4) is 5.75 Å². The first-order valence-corrected chi connectivity index (χ1v) is 6.32. The fourth-order valence-electron chi connectivity index (χ4n) is 1.65. The van der Waals surface area contributed by atoms with Crippen molar-refractivity contribution in [3.63, 3.8) is 0 Å². The first kappa shape index (κ1) is 17.2. The molecule has 0 fully saturated rings. The Balaban J connectivity index is 2.99. The molecule has 1 unspecified atom stereocenters. The van der Waals surface area contributed by atoms with E-state index in [-0.39, 0.29) is 22.9 Å². The monoisotopic (exact) mass is 321 g/mol. The van der Waals surface area contributed by atoms with Gasteiger partial charge in [-0.25, -0.2) is 0 Å². The van der Waals surface area contributed by atoms with Gasteiger partial charge in [-0.05, 0) is 18.2 Å². The molecule has 0 aliphatic heterocycles. The number of benzene rings is 1. The molecule has 0 aliphatic rings. The second-order valence-electron chi connectivity index (χ2n) is 4.44. The lowest BCUT2D eigenvalue weighted by molar-refractivity contribution is -0.141. The largest absolute Gasteiger partial charge is 0.481 e. The molecular formula is C13H14ClF2NO4. The van der Waals surface area contributed by atoms with Crippen molar-refractivity contribution < 1.29 is 28.2 Å². The molecule has 21 heavy (non-hydrogen) atoms. The molecule has 0 bridgehead atoms. The highest BCUT2D eigenvalue weighted by Crippen LogP contribution is 2.25. The van der Waals surface area contributed by atoms with E-state index in [2.05, 4.69) is 4.74 Å². The Labute approximate surface area is 125 Å². The number of carbonyl (C=O) groups is 2. The molecule has 116 valence electrons. The topological polar surface area (TPSA) is 66.8 Å². The van der Waals surface area contributed by atoms with Crippen LogP contribution in [0.1, 0.15) is 17.3 Å². The van der Waals surface area contributed by atoms with Crippen LogP contribution in [0.2, 0.25) is 5.02 Å². The Bertz CT molecular complexity index is 539. The van der Waals surface area contributed by atoms with Gasteiger partial charge in [0.1, 0.15) is 5.75 Å². The Morgan fingerprint density at radius 2 is 2.05 bits per heavy atom. The van der Waals surface area contributed by atoms with Gasteiger partial charge in [0.2, 0.25) is 0 Å². The minimum atomic E-state index is -3.08. The van der Waals surface area contributed by atoms with E-state index in [0.29, 0.717) is 0 Å². The van der Waals surface area contributed by atoms with Gasteiger partial charge >= 0.3 is 12.6 Å². The predicted molar refractivity (Wildman–Crippen MR) is 71.8 cm³/mol. The molecule has 0 aliphatic carbocycles. The lowest BCUT2D eigenvalue weighted by atomic mass is 10.1. The molecule has 1 aromatic rings. The number of aliphatic carboxylic acids is 1. The summed E-state index contributed by atoms with van der Waals surface area (Å²) in [6, 6.07) is 3.68. The molecule has 5 nitrogen and oxygen atoms in total. The summed E-state index contributed by atoms with van der Waals surface area (Å²) in [4.78, 5) is 24.1. The quantitative estimate of drug-likeness (QED) is 0.875. The molecular weight excluding hydrogens is 308 g/mol. The lowest BCUT2D eigenvalue weighted by Gasteiger charge is -2.21. The number of carboxylic acids is 1. The van der Waals surface area contributed by atoms with E-state index < -0.39 is 24.4 Å². The highest BCUT2D eigenvalue weighted by atomic mass is 35.5. The molecule has 8 heteroatoms. The number of halogens is 3. The van der Waals surface area contributed by atoms with E-state index in [4.69, 9.17) is 16.7 Å². The SMILES string of the molecule is CC(CN(C)C(=O)c1cc(Cl)ccc1OC(F)F)C(=O)O. The van der Waals surface area contributed by atoms with Crippen molar-refractivity contribution in [2.24, 2.45) is 5.92 Å². The zero-order chi connectivity index (χ0) is 16.2. The molecule has 0 heterocycles. The molecule has 1 N–H and O–H groups in total. The molecule has 1 rings (SSSR count). The van der Waals surface area contributed by atoms with Crippen molar-refractivity contribution in [1.29, 1.82) is 0 Å². The summed E-state index contributed by atoms with van der Waals surface area (Å²) in [5, 5.41) is 9.00. The maximum atomic E-state index is 12.3. The van der Waals surface area contributed by atoms with Crippen molar-refractivity contribution in [2.45, 2.75) is 13.5 Å². The number of ether oxygens (including phenoxy) is 1. The Morgan fingerprint density at radius 1 is 1.43 bits per heavy atom. The minimum Gasteiger partial charge on any atom is -0.481 e. The van der Waals surface area contributed by atoms with Crippen LogP contribution in [0.3, 0.4) is 0 Å². The summed E-state index contributed by atoms with van der Waals surface area (Å²) in [7, 11) is 1.37. The number of rotatable bonds is 6. The maximum Gasteiger partial charge on any atom is 0.387 e. The summed E-state index contributed by atoms with van der Waals surface area (Å²) >= 11 is 5.75. The van der Waals surface area contributed by atoms with E-state index >= 15 is 0 Å². The average molecular weight is 322 g/mol. The Morgan fingerprint density at radius 3 is 2.57 bits per heavy atom. The van der Waals surface area contributed by atoms with Crippen LogP contribution in [0.4, 0.5) is 8.78 Å². The fraction of sp³-hybridized carbons (Fsp3) is 0.385. The van der Waals surface area contributed by atoms with E-state index in [9.17, 15) is 18.4 Å². The molecule has 1 amide bonds. The standard InChI is InChI=1S/C13H14ClF2NO4/c1-7(12(19)20)6-17(2)11(18)9-5-8(14)3-4-10(9)21-13(15)16/h3-5,7,13H,6H2,1-2H3,(H,19,20).